The molecular formula is C9H14N2O3S. The van der Waals surface area contributed by atoms with Crippen molar-refractivity contribution < 1.29 is 13.2 Å². The van der Waals surface area contributed by atoms with E-state index in [0.717, 1.165) is 4.31 Å². The predicted octanol–water partition coefficient (Wildman–Crippen LogP) is 0.283. The van der Waals surface area contributed by atoms with E-state index in [1.807, 2.05) is 0 Å². The second-order valence-corrected chi connectivity index (χ2v) is 5.66. The Morgan fingerprint density at radius 3 is 2.73 bits per heavy atom. The molecule has 0 radical (unpaired) electrons. The Kier molecular flexibility index (Phi) is 3.83. The normalized spacial score (nSPS) is 20.9. The van der Waals surface area contributed by atoms with Gasteiger partial charge >= 0.3 is 0 Å². The fraction of sp³-hybridized carbons (Fsp3) is 0.778. The molecule has 1 aliphatic heterocycles. The second-order valence-electron chi connectivity index (χ2n) is 3.55. The summed E-state index contributed by atoms with van der Waals surface area (Å²) in [5.41, 5.74) is 0. The van der Waals surface area contributed by atoms with Crippen molar-refractivity contribution in [3.63, 3.8) is 0 Å². The molecule has 0 aromatic carbocycles. The van der Waals surface area contributed by atoms with Gasteiger partial charge in [0.2, 0.25) is 10.0 Å². The Labute approximate surface area is 89.7 Å². The number of nitrogens with zero attached hydrogens (tertiary/aromatic N) is 2. The van der Waals surface area contributed by atoms with Crippen molar-refractivity contribution in [1.82, 2.24) is 4.31 Å². The molecule has 1 unspecified atom stereocenters. The van der Waals surface area contributed by atoms with Gasteiger partial charge in [-0.2, -0.15) is 9.57 Å². The minimum atomic E-state index is -3.61. The third-order valence-electron chi connectivity index (χ3n) is 2.45. The molecule has 1 rings (SSSR count). The van der Waals surface area contributed by atoms with Gasteiger partial charge in [0.1, 0.15) is 5.78 Å². The van der Waals surface area contributed by atoms with Gasteiger partial charge < -0.3 is 0 Å². The lowest BCUT2D eigenvalue weighted by Crippen LogP contribution is -2.44. The minimum Gasteiger partial charge on any atom is -0.298 e. The molecule has 1 fully saturated rings. The number of Topliss-reactive ketones (excluding diaryl/α,β-unsaturated/α-hetero) is 1. The Morgan fingerprint density at radius 1 is 1.60 bits per heavy atom. The largest absolute Gasteiger partial charge is 0.298 e. The molecule has 5 nitrogen and oxygen atoms in total. The van der Waals surface area contributed by atoms with Crippen LogP contribution >= 0.6 is 0 Å². The first-order valence-electron chi connectivity index (χ1n) is 4.92. The van der Waals surface area contributed by atoms with Gasteiger partial charge in [-0.25, -0.2) is 8.42 Å². The molecule has 84 valence electrons. The molecular weight excluding hydrogens is 216 g/mol. The number of rotatable bonds is 3. The predicted molar refractivity (Wildman–Crippen MR) is 54.4 cm³/mol. The molecule has 0 bridgehead atoms. The van der Waals surface area contributed by atoms with E-state index in [9.17, 15) is 13.2 Å². The van der Waals surface area contributed by atoms with Crippen molar-refractivity contribution >= 4 is 15.8 Å². The van der Waals surface area contributed by atoms with E-state index in [4.69, 9.17) is 5.26 Å². The van der Waals surface area contributed by atoms with Crippen LogP contribution in [0.15, 0.2) is 0 Å². The van der Waals surface area contributed by atoms with Gasteiger partial charge in [-0.05, 0) is 12.8 Å². The molecule has 1 heterocycles. The number of hydrogen-bond acceptors (Lipinski definition) is 4. The van der Waals surface area contributed by atoms with Crippen LogP contribution in [0.1, 0.15) is 26.2 Å². The molecule has 0 aliphatic carbocycles. The van der Waals surface area contributed by atoms with E-state index < -0.39 is 15.3 Å². The Balaban J connectivity index is 2.86. The highest BCUT2D eigenvalue weighted by atomic mass is 32.2. The van der Waals surface area contributed by atoms with Crippen LogP contribution < -0.4 is 0 Å². The van der Waals surface area contributed by atoms with Gasteiger partial charge in [0.15, 0.2) is 5.25 Å². The van der Waals surface area contributed by atoms with E-state index in [-0.39, 0.29) is 18.7 Å². The molecule has 15 heavy (non-hydrogen) atoms. The lowest BCUT2D eigenvalue weighted by Gasteiger charge is -2.26. The number of carbonyl (C=O) groups is 1. The maximum absolute atomic E-state index is 11.8. The van der Waals surface area contributed by atoms with Crippen LogP contribution in [-0.2, 0) is 14.8 Å². The van der Waals surface area contributed by atoms with Gasteiger partial charge in [-0.15, -0.1) is 0 Å². The first-order chi connectivity index (χ1) is 7.02. The molecule has 0 amide bonds. The van der Waals surface area contributed by atoms with Gasteiger partial charge in [-0.1, -0.05) is 6.92 Å². The average molecular weight is 230 g/mol. The average Bonchev–Trinajstić information content (AvgIpc) is 2.19. The maximum Gasteiger partial charge on any atom is 0.230 e. The standard InChI is InChI=1S/C9H14N2O3S/c1-2-9(6-10)15(13,14)11-5-3-4-8(12)7-11/h9H,2-5,7H2,1H3. The molecule has 1 aliphatic rings. The van der Waals surface area contributed by atoms with E-state index in [2.05, 4.69) is 0 Å². The summed E-state index contributed by atoms with van der Waals surface area (Å²) in [4.78, 5) is 11.1. The quantitative estimate of drug-likeness (QED) is 0.697. The molecule has 0 aromatic rings. The molecule has 1 saturated heterocycles. The highest BCUT2D eigenvalue weighted by Gasteiger charge is 2.33. The SMILES string of the molecule is CCC(C#N)S(=O)(=O)N1CCCC(=O)C1. The maximum atomic E-state index is 11.8. The number of hydrogen-bond donors (Lipinski definition) is 0. The van der Waals surface area contributed by atoms with E-state index in [1.54, 1.807) is 13.0 Å². The molecule has 0 N–H and O–H groups in total. The van der Waals surface area contributed by atoms with Crippen molar-refractivity contribution in [2.75, 3.05) is 13.1 Å². The minimum absolute atomic E-state index is 0.0689. The summed E-state index contributed by atoms with van der Waals surface area (Å²) in [6.45, 7) is 1.93. The first kappa shape index (κ1) is 12.1. The summed E-state index contributed by atoms with van der Waals surface area (Å²) in [7, 11) is -3.61. The van der Waals surface area contributed by atoms with Gasteiger partial charge in [0.05, 0.1) is 12.6 Å². The van der Waals surface area contributed by atoms with E-state index in [1.165, 1.54) is 0 Å². The fourth-order valence-electron chi connectivity index (χ4n) is 1.57. The summed E-state index contributed by atoms with van der Waals surface area (Å²) >= 11 is 0. The van der Waals surface area contributed by atoms with Crippen molar-refractivity contribution in [1.29, 1.82) is 5.26 Å². The molecule has 1 atom stereocenters. The van der Waals surface area contributed by atoms with Crippen LogP contribution in [0.2, 0.25) is 0 Å². The summed E-state index contributed by atoms with van der Waals surface area (Å²) in [6.07, 6.45) is 1.25. The molecule has 6 heteroatoms. The van der Waals surface area contributed by atoms with Crippen molar-refractivity contribution in [3.05, 3.63) is 0 Å². The molecule has 0 aromatic heterocycles. The van der Waals surface area contributed by atoms with Crippen LogP contribution in [0, 0.1) is 11.3 Å². The third kappa shape index (κ3) is 2.55. The van der Waals surface area contributed by atoms with Crippen molar-refractivity contribution in [3.8, 4) is 6.07 Å². The van der Waals surface area contributed by atoms with Crippen LogP contribution in [-0.4, -0.2) is 36.8 Å². The van der Waals surface area contributed by atoms with Crippen molar-refractivity contribution in [2.45, 2.75) is 31.4 Å². The zero-order chi connectivity index (χ0) is 11.5. The Hall–Kier alpha value is -0.930. The van der Waals surface area contributed by atoms with Gasteiger partial charge in [0, 0.05) is 13.0 Å². The Morgan fingerprint density at radius 2 is 2.27 bits per heavy atom. The number of sulfonamides is 1. The smallest absolute Gasteiger partial charge is 0.230 e. The highest BCUT2D eigenvalue weighted by Crippen LogP contribution is 2.16. The summed E-state index contributed by atoms with van der Waals surface area (Å²) in [6, 6.07) is 1.76. The third-order valence-corrected chi connectivity index (χ3v) is 4.64. The summed E-state index contributed by atoms with van der Waals surface area (Å²) in [5, 5.41) is 7.69. The monoisotopic (exact) mass is 230 g/mol. The lowest BCUT2D eigenvalue weighted by atomic mass is 10.1. The van der Waals surface area contributed by atoms with Crippen LogP contribution in [0.3, 0.4) is 0 Å². The zero-order valence-electron chi connectivity index (χ0n) is 8.64. The first-order valence-corrected chi connectivity index (χ1v) is 6.43. The Bertz CT molecular complexity index is 383. The topological polar surface area (TPSA) is 78.2 Å². The highest BCUT2D eigenvalue weighted by molar-refractivity contribution is 7.90. The zero-order valence-corrected chi connectivity index (χ0v) is 9.46. The lowest BCUT2D eigenvalue weighted by molar-refractivity contribution is -0.120. The number of carbonyl (C=O) groups excluding carboxylic acids is 1. The van der Waals surface area contributed by atoms with E-state index >= 15 is 0 Å². The molecule has 0 spiro atoms. The van der Waals surface area contributed by atoms with Crippen LogP contribution in [0.4, 0.5) is 0 Å². The summed E-state index contributed by atoms with van der Waals surface area (Å²) < 4.78 is 24.8. The second kappa shape index (κ2) is 4.73. The van der Waals surface area contributed by atoms with Crippen LogP contribution in [0.5, 0.6) is 0 Å². The van der Waals surface area contributed by atoms with Gasteiger partial charge in [-0.3, -0.25) is 4.79 Å². The number of nitriles is 1. The molecule has 0 saturated carbocycles. The fourth-order valence-corrected chi connectivity index (χ4v) is 3.19. The van der Waals surface area contributed by atoms with Gasteiger partial charge in [0.25, 0.3) is 0 Å². The van der Waals surface area contributed by atoms with Crippen LogP contribution in [0.25, 0.3) is 0 Å². The number of piperidine rings is 1. The summed E-state index contributed by atoms with van der Waals surface area (Å²) in [5.74, 6) is -0.0717. The van der Waals surface area contributed by atoms with E-state index in [0.29, 0.717) is 19.4 Å². The van der Waals surface area contributed by atoms with Crippen molar-refractivity contribution in [2.24, 2.45) is 0 Å². The number of ketones is 1.